The molecule has 1 atom stereocenters. The van der Waals surface area contributed by atoms with Crippen LogP contribution in [-0.2, 0) is 11.3 Å². The molecular weight excluding hydrogens is 258 g/mol. The Balaban J connectivity index is 2.03. The van der Waals surface area contributed by atoms with Crippen LogP contribution in [0.25, 0.3) is 10.1 Å². The molecule has 0 aliphatic rings. The standard InChI is InChI=1S/C15H21NO2S/c1-15(7-8-17,11-18-2)16-10-13-9-12-5-3-4-6-14(12)19-13/h3-6,9,16-17H,7-8,10-11H2,1-2H3/t15-/m0/s1. The van der Waals surface area contributed by atoms with E-state index in [0.717, 1.165) is 6.54 Å². The van der Waals surface area contributed by atoms with Crippen LogP contribution in [-0.4, -0.2) is 31.0 Å². The lowest BCUT2D eigenvalue weighted by molar-refractivity contribution is 0.0971. The first kappa shape index (κ1) is 14.5. The highest BCUT2D eigenvalue weighted by molar-refractivity contribution is 7.19. The number of hydrogen-bond donors (Lipinski definition) is 2. The SMILES string of the molecule is COC[C@](C)(CCO)NCc1cc2ccccc2s1. The zero-order valence-corrected chi connectivity index (χ0v) is 12.3. The van der Waals surface area contributed by atoms with E-state index in [4.69, 9.17) is 9.84 Å². The number of aliphatic hydroxyl groups is 1. The number of thiophene rings is 1. The topological polar surface area (TPSA) is 41.5 Å². The highest BCUT2D eigenvalue weighted by Crippen LogP contribution is 2.25. The summed E-state index contributed by atoms with van der Waals surface area (Å²) in [4.78, 5) is 1.31. The molecule has 0 amide bonds. The second kappa shape index (κ2) is 6.48. The van der Waals surface area contributed by atoms with Crippen molar-refractivity contribution in [3.63, 3.8) is 0 Å². The summed E-state index contributed by atoms with van der Waals surface area (Å²) in [6, 6.07) is 10.6. The van der Waals surface area contributed by atoms with E-state index in [2.05, 4.69) is 42.6 Å². The molecule has 2 aromatic rings. The summed E-state index contributed by atoms with van der Waals surface area (Å²) >= 11 is 1.81. The number of fused-ring (bicyclic) bond motifs is 1. The highest BCUT2D eigenvalue weighted by atomic mass is 32.1. The van der Waals surface area contributed by atoms with E-state index < -0.39 is 0 Å². The molecule has 0 bridgehead atoms. The lowest BCUT2D eigenvalue weighted by Gasteiger charge is -2.29. The average Bonchev–Trinajstić information content (AvgIpc) is 2.80. The molecule has 0 aliphatic heterocycles. The van der Waals surface area contributed by atoms with Crippen molar-refractivity contribution in [1.29, 1.82) is 0 Å². The van der Waals surface area contributed by atoms with Gasteiger partial charge in [-0.15, -0.1) is 11.3 Å². The second-order valence-electron chi connectivity index (χ2n) is 5.07. The van der Waals surface area contributed by atoms with Crippen molar-refractivity contribution in [2.75, 3.05) is 20.3 Å². The number of rotatable bonds is 7. The van der Waals surface area contributed by atoms with Crippen molar-refractivity contribution in [3.8, 4) is 0 Å². The van der Waals surface area contributed by atoms with Gasteiger partial charge in [0.05, 0.1) is 6.61 Å². The molecule has 104 valence electrons. The molecule has 1 aromatic heterocycles. The van der Waals surface area contributed by atoms with E-state index in [-0.39, 0.29) is 12.1 Å². The normalized spacial score (nSPS) is 14.7. The summed E-state index contributed by atoms with van der Waals surface area (Å²) in [6.07, 6.45) is 0.686. The maximum absolute atomic E-state index is 9.15. The summed E-state index contributed by atoms with van der Waals surface area (Å²) in [6.45, 7) is 3.65. The first-order chi connectivity index (χ1) is 9.17. The Kier molecular flexibility index (Phi) is 4.93. The van der Waals surface area contributed by atoms with Gasteiger partial charge in [-0.05, 0) is 30.9 Å². The minimum atomic E-state index is -0.181. The van der Waals surface area contributed by atoms with Crippen molar-refractivity contribution < 1.29 is 9.84 Å². The van der Waals surface area contributed by atoms with Crippen molar-refractivity contribution >= 4 is 21.4 Å². The zero-order valence-electron chi connectivity index (χ0n) is 11.5. The fraction of sp³-hybridized carbons (Fsp3) is 0.467. The smallest absolute Gasteiger partial charge is 0.0642 e. The molecule has 2 rings (SSSR count). The minimum Gasteiger partial charge on any atom is -0.396 e. The van der Waals surface area contributed by atoms with Gasteiger partial charge in [0.25, 0.3) is 0 Å². The van der Waals surface area contributed by atoms with Crippen LogP contribution in [0.5, 0.6) is 0 Å². The molecule has 1 heterocycles. The molecule has 19 heavy (non-hydrogen) atoms. The van der Waals surface area contributed by atoms with Crippen molar-refractivity contribution in [1.82, 2.24) is 5.32 Å². The van der Waals surface area contributed by atoms with Crippen molar-refractivity contribution in [2.45, 2.75) is 25.4 Å². The first-order valence-electron chi connectivity index (χ1n) is 6.49. The Morgan fingerprint density at radius 2 is 2.16 bits per heavy atom. The van der Waals surface area contributed by atoms with Gasteiger partial charge in [0.1, 0.15) is 0 Å². The lowest BCUT2D eigenvalue weighted by Crippen LogP contribution is -2.46. The van der Waals surface area contributed by atoms with Crippen LogP contribution >= 0.6 is 11.3 Å². The summed E-state index contributed by atoms with van der Waals surface area (Å²) in [7, 11) is 1.69. The zero-order chi connectivity index (χ0) is 13.7. The lowest BCUT2D eigenvalue weighted by atomic mass is 9.99. The van der Waals surface area contributed by atoms with E-state index in [0.29, 0.717) is 13.0 Å². The predicted molar refractivity (Wildman–Crippen MR) is 80.6 cm³/mol. The molecule has 2 N–H and O–H groups in total. The third kappa shape index (κ3) is 3.76. The van der Waals surface area contributed by atoms with Crippen LogP contribution in [0, 0.1) is 0 Å². The highest BCUT2D eigenvalue weighted by Gasteiger charge is 2.23. The Bertz CT molecular complexity index is 485. The maximum Gasteiger partial charge on any atom is 0.0642 e. The molecule has 0 radical (unpaired) electrons. The van der Waals surface area contributed by atoms with Gasteiger partial charge < -0.3 is 15.2 Å². The number of hydrogen-bond acceptors (Lipinski definition) is 4. The van der Waals surface area contributed by atoms with Crippen LogP contribution in [0.4, 0.5) is 0 Å². The quantitative estimate of drug-likeness (QED) is 0.819. The molecule has 0 unspecified atom stereocenters. The Labute approximate surface area is 118 Å². The van der Waals surface area contributed by atoms with Crippen molar-refractivity contribution in [2.24, 2.45) is 0 Å². The molecule has 0 saturated carbocycles. The van der Waals surface area contributed by atoms with E-state index in [1.165, 1.54) is 15.0 Å². The summed E-state index contributed by atoms with van der Waals surface area (Å²) in [5.74, 6) is 0. The summed E-state index contributed by atoms with van der Waals surface area (Å²) in [5.41, 5.74) is -0.181. The van der Waals surface area contributed by atoms with E-state index in [1.807, 2.05) is 11.3 Å². The molecular formula is C15H21NO2S. The van der Waals surface area contributed by atoms with Gasteiger partial charge in [-0.2, -0.15) is 0 Å². The third-order valence-corrected chi connectivity index (χ3v) is 4.41. The molecule has 3 nitrogen and oxygen atoms in total. The van der Waals surface area contributed by atoms with Gasteiger partial charge in [0, 0.05) is 35.4 Å². The van der Waals surface area contributed by atoms with Gasteiger partial charge >= 0.3 is 0 Å². The van der Waals surface area contributed by atoms with Crippen molar-refractivity contribution in [3.05, 3.63) is 35.2 Å². The summed E-state index contributed by atoms with van der Waals surface area (Å²) in [5, 5.41) is 13.9. The fourth-order valence-electron chi connectivity index (χ4n) is 2.20. The Morgan fingerprint density at radius 1 is 1.37 bits per heavy atom. The summed E-state index contributed by atoms with van der Waals surface area (Å²) < 4.78 is 6.55. The van der Waals surface area contributed by atoms with Gasteiger partial charge in [-0.3, -0.25) is 0 Å². The molecule has 4 heteroatoms. The number of methoxy groups -OCH3 is 1. The second-order valence-corrected chi connectivity index (χ2v) is 6.24. The van der Waals surface area contributed by atoms with Crippen LogP contribution in [0.15, 0.2) is 30.3 Å². The Morgan fingerprint density at radius 3 is 2.84 bits per heavy atom. The molecule has 0 saturated heterocycles. The molecule has 0 aliphatic carbocycles. The number of nitrogens with one attached hydrogen (secondary N) is 1. The van der Waals surface area contributed by atoms with Gasteiger partial charge in [-0.25, -0.2) is 0 Å². The largest absolute Gasteiger partial charge is 0.396 e. The number of aliphatic hydroxyl groups excluding tert-OH is 1. The van der Waals surface area contributed by atoms with Crippen LogP contribution in [0.2, 0.25) is 0 Å². The predicted octanol–water partition coefficient (Wildman–Crippen LogP) is 2.78. The van der Waals surface area contributed by atoms with Crippen LogP contribution in [0.3, 0.4) is 0 Å². The minimum absolute atomic E-state index is 0.166. The fourth-order valence-corrected chi connectivity index (χ4v) is 3.21. The van der Waals surface area contributed by atoms with Gasteiger partial charge in [-0.1, -0.05) is 18.2 Å². The molecule has 0 spiro atoms. The Hall–Kier alpha value is -0.940. The number of benzene rings is 1. The van der Waals surface area contributed by atoms with E-state index in [9.17, 15) is 0 Å². The first-order valence-corrected chi connectivity index (χ1v) is 7.31. The molecule has 1 aromatic carbocycles. The van der Waals surface area contributed by atoms with Gasteiger partial charge in [0.15, 0.2) is 0 Å². The molecule has 0 fully saturated rings. The van der Waals surface area contributed by atoms with Crippen LogP contribution < -0.4 is 5.32 Å². The third-order valence-electron chi connectivity index (χ3n) is 3.29. The van der Waals surface area contributed by atoms with E-state index in [1.54, 1.807) is 7.11 Å². The van der Waals surface area contributed by atoms with Gasteiger partial charge in [0.2, 0.25) is 0 Å². The monoisotopic (exact) mass is 279 g/mol. The van der Waals surface area contributed by atoms with E-state index >= 15 is 0 Å². The maximum atomic E-state index is 9.15. The van der Waals surface area contributed by atoms with Crippen LogP contribution in [0.1, 0.15) is 18.2 Å². The number of ether oxygens (including phenoxy) is 1. The average molecular weight is 279 g/mol.